The number of rotatable bonds is 6. The summed E-state index contributed by atoms with van der Waals surface area (Å²) < 4.78 is 14.1. The largest absolute Gasteiger partial charge is 0.323 e. The van der Waals surface area contributed by atoms with Gasteiger partial charge in [0.05, 0.1) is 16.8 Å². The van der Waals surface area contributed by atoms with Crippen LogP contribution in [0.3, 0.4) is 0 Å². The van der Waals surface area contributed by atoms with E-state index >= 15 is 0 Å². The van der Waals surface area contributed by atoms with Gasteiger partial charge in [0.2, 0.25) is 5.91 Å². The van der Waals surface area contributed by atoms with E-state index in [1.807, 2.05) is 24.3 Å². The number of carbonyl (C=O) groups is 1. The first-order valence-electron chi connectivity index (χ1n) is 7.68. The van der Waals surface area contributed by atoms with Gasteiger partial charge < -0.3 is 5.32 Å². The molecule has 2 rings (SSSR count). The molecule has 0 unspecified atom stereocenters. The topological polar surface area (TPSA) is 41.1 Å². The fraction of sp³-hybridized carbons (Fsp3) is 0.278. The lowest BCUT2D eigenvalue weighted by Crippen LogP contribution is -2.40. The highest BCUT2D eigenvalue weighted by molar-refractivity contribution is 9.10. The molecule has 128 valence electrons. The van der Waals surface area contributed by atoms with Crippen molar-refractivity contribution in [3.05, 3.63) is 63.3 Å². The molecule has 0 aromatic heterocycles. The van der Waals surface area contributed by atoms with Crippen molar-refractivity contribution in [2.24, 2.45) is 0 Å². The second-order valence-corrected chi connectivity index (χ2v) is 6.84. The fourth-order valence-corrected chi connectivity index (χ4v) is 2.83. The van der Waals surface area contributed by atoms with Gasteiger partial charge in [0, 0.05) is 10.5 Å². The first kappa shape index (κ1) is 18.9. The zero-order chi connectivity index (χ0) is 17.7. The lowest BCUT2D eigenvalue weighted by molar-refractivity contribution is -0.118. The van der Waals surface area contributed by atoms with Gasteiger partial charge in [0.15, 0.2) is 0 Å². The van der Waals surface area contributed by atoms with Crippen LogP contribution in [0.2, 0.25) is 5.02 Å². The van der Waals surface area contributed by atoms with E-state index in [9.17, 15) is 9.18 Å². The second kappa shape index (κ2) is 8.60. The molecule has 0 aliphatic heterocycles. The third-order valence-corrected chi connectivity index (χ3v) is 4.56. The first-order chi connectivity index (χ1) is 11.4. The number of hydrogen-bond donors (Lipinski definition) is 2. The van der Waals surface area contributed by atoms with E-state index in [0.29, 0.717) is 5.69 Å². The lowest BCUT2D eigenvalue weighted by atomic mass is 10.0. The Morgan fingerprint density at radius 2 is 1.92 bits per heavy atom. The van der Waals surface area contributed by atoms with E-state index in [1.54, 1.807) is 6.92 Å². The Morgan fingerprint density at radius 3 is 2.50 bits per heavy atom. The number of carbonyl (C=O) groups excluding carboxylic acids is 1. The van der Waals surface area contributed by atoms with Crippen molar-refractivity contribution in [1.29, 1.82) is 0 Å². The maximum absolute atomic E-state index is 13.1. The van der Waals surface area contributed by atoms with Crippen LogP contribution in [0.1, 0.15) is 31.9 Å². The van der Waals surface area contributed by atoms with Gasteiger partial charge in [0.1, 0.15) is 5.82 Å². The Labute approximate surface area is 154 Å². The number of anilines is 1. The molecule has 2 atom stereocenters. The summed E-state index contributed by atoms with van der Waals surface area (Å²) in [6, 6.07) is 11.5. The monoisotopic (exact) mass is 412 g/mol. The summed E-state index contributed by atoms with van der Waals surface area (Å²) in [4.78, 5) is 12.4. The molecule has 6 heteroatoms. The molecule has 3 nitrogen and oxygen atoms in total. The minimum Gasteiger partial charge on any atom is -0.323 e. The molecule has 24 heavy (non-hydrogen) atoms. The number of hydrogen-bond acceptors (Lipinski definition) is 2. The van der Waals surface area contributed by atoms with E-state index in [1.165, 1.54) is 18.2 Å². The standard InChI is InChI=1S/C18H19BrClFN2O/c1-3-16(12-4-6-13(19)7-5-12)22-11(2)18(24)23-17-9-8-14(21)10-15(17)20/h4-11,16,22H,3H2,1-2H3,(H,23,24)/t11-,16+/m1/s1. The van der Waals surface area contributed by atoms with Crippen molar-refractivity contribution in [3.63, 3.8) is 0 Å². The Balaban J connectivity index is 2.02. The van der Waals surface area contributed by atoms with Crippen LogP contribution >= 0.6 is 27.5 Å². The Kier molecular flexibility index (Phi) is 6.78. The number of amides is 1. The summed E-state index contributed by atoms with van der Waals surface area (Å²) >= 11 is 9.36. The summed E-state index contributed by atoms with van der Waals surface area (Å²) in [5.41, 5.74) is 1.51. The minimum atomic E-state index is -0.439. The van der Waals surface area contributed by atoms with E-state index in [-0.39, 0.29) is 17.0 Å². The van der Waals surface area contributed by atoms with Crippen LogP contribution < -0.4 is 10.6 Å². The molecule has 0 aliphatic carbocycles. The molecular weight excluding hydrogens is 395 g/mol. The molecule has 2 aromatic carbocycles. The lowest BCUT2D eigenvalue weighted by Gasteiger charge is -2.22. The quantitative estimate of drug-likeness (QED) is 0.674. The highest BCUT2D eigenvalue weighted by atomic mass is 79.9. The molecule has 2 aromatic rings. The molecule has 0 fully saturated rings. The molecule has 0 saturated heterocycles. The molecule has 2 N–H and O–H groups in total. The summed E-state index contributed by atoms with van der Waals surface area (Å²) in [6.07, 6.45) is 0.844. The van der Waals surface area contributed by atoms with Gasteiger partial charge >= 0.3 is 0 Å². The molecule has 0 saturated carbocycles. The summed E-state index contributed by atoms with van der Waals surface area (Å²) in [5.74, 6) is -0.662. The molecule has 0 heterocycles. The highest BCUT2D eigenvalue weighted by Crippen LogP contribution is 2.23. The second-order valence-electron chi connectivity index (χ2n) is 5.51. The van der Waals surface area contributed by atoms with Crippen LogP contribution in [-0.2, 0) is 4.79 Å². The van der Waals surface area contributed by atoms with Gasteiger partial charge in [-0.1, -0.05) is 46.6 Å². The average molecular weight is 414 g/mol. The van der Waals surface area contributed by atoms with Crippen LogP contribution in [0.5, 0.6) is 0 Å². The minimum absolute atomic E-state index is 0.0579. The molecule has 1 amide bonds. The van der Waals surface area contributed by atoms with Crippen molar-refractivity contribution in [2.45, 2.75) is 32.4 Å². The highest BCUT2D eigenvalue weighted by Gasteiger charge is 2.19. The van der Waals surface area contributed by atoms with Gasteiger partial charge in [-0.15, -0.1) is 0 Å². The number of benzene rings is 2. The van der Waals surface area contributed by atoms with Gasteiger partial charge in [-0.25, -0.2) is 4.39 Å². The van der Waals surface area contributed by atoms with Gasteiger partial charge in [-0.2, -0.15) is 0 Å². The van der Waals surface area contributed by atoms with Crippen LogP contribution in [0.15, 0.2) is 46.9 Å². The molecule has 0 radical (unpaired) electrons. The smallest absolute Gasteiger partial charge is 0.241 e. The predicted molar refractivity (Wildman–Crippen MR) is 99.8 cm³/mol. The zero-order valence-electron chi connectivity index (χ0n) is 13.4. The van der Waals surface area contributed by atoms with Crippen LogP contribution in [-0.4, -0.2) is 11.9 Å². The third-order valence-electron chi connectivity index (χ3n) is 3.71. The Morgan fingerprint density at radius 1 is 1.25 bits per heavy atom. The van der Waals surface area contributed by atoms with Crippen molar-refractivity contribution in [3.8, 4) is 0 Å². The molecular formula is C18H19BrClFN2O. The van der Waals surface area contributed by atoms with Gasteiger partial charge in [-0.05, 0) is 49.2 Å². The molecule has 0 bridgehead atoms. The molecule has 0 spiro atoms. The van der Waals surface area contributed by atoms with E-state index in [2.05, 4.69) is 33.5 Å². The van der Waals surface area contributed by atoms with Gasteiger partial charge in [-0.3, -0.25) is 10.1 Å². The maximum atomic E-state index is 13.1. The van der Waals surface area contributed by atoms with Crippen LogP contribution in [0.25, 0.3) is 0 Å². The van der Waals surface area contributed by atoms with Gasteiger partial charge in [0.25, 0.3) is 0 Å². The summed E-state index contributed by atoms with van der Waals surface area (Å²) in [7, 11) is 0. The zero-order valence-corrected chi connectivity index (χ0v) is 15.8. The summed E-state index contributed by atoms with van der Waals surface area (Å²) in [5, 5.41) is 6.20. The van der Waals surface area contributed by atoms with Crippen molar-refractivity contribution in [1.82, 2.24) is 5.32 Å². The van der Waals surface area contributed by atoms with E-state index in [0.717, 1.165) is 16.5 Å². The average Bonchev–Trinajstić information content (AvgIpc) is 2.55. The van der Waals surface area contributed by atoms with Crippen LogP contribution in [0.4, 0.5) is 10.1 Å². The predicted octanol–water partition coefficient (Wildman–Crippen LogP) is 5.31. The third kappa shape index (κ3) is 5.03. The number of nitrogens with one attached hydrogen (secondary N) is 2. The van der Waals surface area contributed by atoms with Crippen LogP contribution in [0, 0.1) is 5.82 Å². The SMILES string of the molecule is CC[C@H](N[C@H](C)C(=O)Nc1ccc(F)cc1Cl)c1ccc(Br)cc1. The van der Waals surface area contributed by atoms with Crippen molar-refractivity contribution in [2.75, 3.05) is 5.32 Å². The van der Waals surface area contributed by atoms with E-state index in [4.69, 9.17) is 11.6 Å². The normalized spacial score (nSPS) is 13.4. The molecule has 0 aliphatic rings. The summed E-state index contributed by atoms with van der Waals surface area (Å²) in [6.45, 7) is 3.84. The van der Waals surface area contributed by atoms with Crippen molar-refractivity contribution < 1.29 is 9.18 Å². The van der Waals surface area contributed by atoms with Crippen molar-refractivity contribution >= 4 is 39.1 Å². The Hall–Kier alpha value is -1.43. The first-order valence-corrected chi connectivity index (χ1v) is 8.85. The Bertz CT molecular complexity index is 709. The maximum Gasteiger partial charge on any atom is 0.241 e. The van der Waals surface area contributed by atoms with E-state index < -0.39 is 11.9 Å². The fourth-order valence-electron chi connectivity index (χ4n) is 2.35. The number of halogens is 3.